The average Bonchev–Trinajstić information content (AvgIpc) is 2.67. The summed E-state index contributed by atoms with van der Waals surface area (Å²) in [5, 5.41) is 9.84. The highest BCUT2D eigenvalue weighted by Crippen LogP contribution is 2.50. The highest BCUT2D eigenvalue weighted by Gasteiger charge is 2.70. The van der Waals surface area contributed by atoms with E-state index in [0.29, 0.717) is 12.0 Å². The smallest absolute Gasteiger partial charge is 0.333 e. The first-order valence-corrected chi connectivity index (χ1v) is 9.03. The van der Waals surface area contributed by atoms with Gasteiger partial charge in [0, 0.05) is 5.57 Å². The van der Waals surface area contributed by atoms with Gasteiger partial charge in [0.15, 0.2) is 5.60 Å². The first-order chi connectivity index (χ1) is 11.7. The molecule has 4 atom stereocenters. The molecule has 0 spiro atoms. The van der Waals surface area contributed by atoms with Crippen molar-refractivity contribution < 1.29 is 32.9 Å². The van der Waals surface area contributed by atoms with Gasteiger partial charge in [-0.15, -0.1) is 0 Å². The van der Waals surface area contributed by atoms with Crippen LogP contribution in [0.15, 0.2) is 12.2 Å². The molecule has 7 heteroatoms. The number of halogens is 2. The third-order valence-electron chi connectivity index (χ3n) is 5.60. The van der Waals surface area contributed by atoms with Crippen LogP contribution in [0.4, 0.5) is 8.78 Å². The quantitative estimate of drug-likeness (QED) is 0.587. The van der Waals surface area contributed by atoms with Gasteiger partial charge in [0.25, 0.3) is 0 Å². The third-order valence-corrected chi connectivity index (χ3v) is 5.60. The topological polar surface area (TPSA) is 65.0 Å². The van der Waals surface area contributed by atoms with Crippen molar-refractivity contribution in [1.82, 2.24) is 0 Å². The van der Waals surface area contributed by atoms with E-state index in [4.69, 9.17) is 14.2 Å². The standard InChI is InChI=1S/C19H30F2O5/c1-12(2)15(22)25-14-9-7-8-13(10-14)16(3,4)26-17(5)11-24-18(6,23)19(17,20)21/h13-14,23H,1,7-11H2,2-6H3. The zero-order chi connectivity index (χ0) is 20.0. The van der Waals surface area contributed by atoms with Crippen LogP contribution < -0.4 is 0 Å². The summed E-state index contributed by atoms with van der Waals surface area (Å²) >= 11 is 0. The van der Waals surface area contributed by atoms with E-state index in [1.165, 1.54) is 6.92 Å². The van der Waals surface area contributed by atoms with Gasteiger partial charge in [-0.25, -0.2) is 4.79 Å². The van der Waals surface area contributed by atoms with E-state index in [2.05, 4.69) is 6.58 Å². The Balaban J connectivity index is 2.09. The number of hydrogen-bond donors (Lipinski definition) is 1. The number of carbonyl (C=O) groups excluding carboxylic acids is 1. The van der Waals surface area contributed by atoms with E-state index in [1.54, 1.807) is 20.8 Å². The molecule has 0 aromatic rings. The molecule has 2 rings (SSSR count). The Labute approximate surface area is 153 Å². The lowest BCUT2D eigenvalue weighted by Gasteiger charge is -2.45. The fourth-order valence-electron chi connectivity index (χ4n) is 3.84. The lowest BCUT2D eigenvalue weighted by Crippen LogP contribution is -2.58. The van der Waals surface area contributed by atoms with Crippen LogP contribution in [0.1, 0.15) is 60.3 Å². The van der Waals surface area contributed by atoms with Gasteiger partial charge in [-0.3, -0.25) is 0 Å². The van der Waals surface area contributed by atoms with Gasteiger partial charge in [0.1, 0.15) is 6.10 Å². The van der Waals surface area contributed by atoms with Crippen molar-refractivity contribution in [1.29, 1.82) is 0 Å². The zero-order valence-electron chi connectivity index (χ0n) is 16.2. The van der Waals surface area contributed by atoms with Crippen LogP contribution in [0, 0.1) is 5.92 Å². The molecular formula is C19H30F2O5. The maximum absolute atomic E-state index is 14.6. The van der Waals surface area contributed by atoms with Crippen LogP contribution in [0.2, 0.25) is 0 Å². The lowest BCUT2D eigenvalue weighted by molar-refractivity contribution is -0.302. The Kier molecular flexibility index (Phi) is 5.59. The molecule has 0 aromatic heterocycles. The predicted molar refractivity (Wildman–Crippen MR) is 91.7 cm³/mol. The van der Waals surface area contributed by atoms with Crippen LogP contribution in [0.25, 0.3) is 0 Å². The van der Waals surface area contributed by atoms with Crippen molar-refractivity contribution in [2.24, 2.45) is 5.92 Å². The summed E-state index contributed by atoms with van der Waals surface area (Å²) in [7, 11) is 0. The number of carbonyl (C=O) groups is 1. The van der Waals surface area contributed by atoms with Gasteiger partial charge >= 0.3 is 11.9 Å². The first kappa shape index (κ1) is 21.3. The van der Waals surface area contributed by atoms with Crippen molar-refractivity contribution >= 4 is 5.97 Å². The molecule has 0 bridgehead atoms. The highest BCUT2D eigenvalue weighted by atomic mass is 19.3. The second-order valence-corrected chi connectivity index (χ2v) is 8.45. The molecule has 26 heavy (non-hydrogen) atoms. The number of alkyl halides is 2. The molecule has 1 saturated carbocycles. The summed E-state index contributed by atoms with van der Waals surface area (Å²) in [4.78, 5) is 11.8. The molecule has 4 unspecified atom stereocenters. The van der Waals surface area contributed by atoms with Gasteiger partial charge in [-0.1, -0.05) is 6.58 Å². The van der Waals surface area contributed by atoms with Crippen molar-refractivity contribution in [2.75, 3.05) is 6.61 Å². The molecule has 5 nitrogen and oxygen atoms in total. The fourth-order valence-corrected chi connectivity index (χ4v) is 3.84. The minimum Gasteiger partial charge on any atom is -0.459 e. The Morgan fingerprint density at radius 1 is 1.31 bits per heavy atom. The molecule has 1 N–H and O–H groups in total. The Morgan fingerprint density at radius 3 is 2.42 bits per heavy atom. The molecule has 1 heterocycles. The molecule has 150 valence electrons. The highest BCUT2D eigenvalue weighted by molar-refractivity contribution is 5.87. The zero-order valence-corrected chi connectivity index (χ0v) is 16.2. The van der Waals surface area contributed by atoms with E-state index in [9.17, 15) is 18.7 Å². The van der Waals surface area contributed by atoms with Crippen LogP contribution in [-0.2, 0) is 19.0 Å². The molecular weight excluding hydrogens is 346 g/mol. The van der Waals surface area contributed by atoms with Gasteiger partial charge < -0.3 is 19.3 Å². The fraction of sp³-hybridized carbons (Fsp3) is 0.842. The van der Waals surface area contributed by atoms with E-state index < -0.39 is 35.5 Å². The summed E-state index contributed by atoms with van der Waals surface area (Å²) in [5.41, 5.74) is -2.52. The first-order valence-electron chi connectivity index (χ1n) is 9.03. The molecule has 1 aliphatic carbocycles. The van der Waals surface area contributed by atoms with Gasteiger partial charge in [0.2, 0.25) is 5.79 Å². The van der Waals surface area contributed by atoms with Gasteiger partial charge in [-0.2, -0.15) is 8.78 Å². The van der Waals surface area contributed by atoms with Crippen molar-refractivity contribution in [3.05, 3.63) is 12.2 Å². The molecule has 0 aromatic carbocycles. The summed E-state index contributed by atoms with van der Waals surface area (Å²) in [6.45, 7) is 10.5. The molecule has 1 saturated heterocycles. The second kappa shape index (κ2) is 6.84. The van der Waals surface area contributed by atoms with Crippen molar-refractivity contribution in [3.8, 4) is 0 Å². The minimum absolute atomic E-state index is 0.0719. The normalized spacial score (nSPS) is 37.4. The van der Waals surface area contributed by atoms with E-state index in [1.807, 2.05) is 0 Å². The van der Waals surface area contributed by atoms with E-state index >= 15 is 0 Å². The maximum atomic E-state index is 14.6. The van der Waals surface area contributed by atoms with Gasteiger partial charge in [0.05, 0.1) is 12.2 Å². The van der Waals surface area contributed by atoms with E-state index in [-0.39, 0.29) is 12.0 Å². The number of hydrogen-bond acceptors (Lipinski definition) is 5. The maximum Gasteiger partial charge on any atom is 0.333 e. The number of esters is 1. The lowest BCUT2D eigenvalue weighted by atomic mass is 9.76. The Morgan fingerprint density at radius 2 is 1.92 bits per heavy atom. The summed E-state index contributed by atoms with van der Waals surface area (Å²) in [6, 6.07) is 0. The van der Waals surface area contributed by atoms with Crippen molar-refractivity contribution in [3.63, 3.8) is 0 Å². The average molecular weight is 376 g/mol. The predicted octanol–water partition coefficient (Wildman–Crippen LogP) is 3.59. The largest absolute Gasteiger partial charge is 0.459 e. The number of aliphatic hydroxyl groups is 1. The third kappa shape index (κ3) is 3.80. The van der Waals surface area contributed by atoms with Crippen LogP contribution >= 0.6 is 0 Å². The Bertz CT molecular complexity index is 572. The summed E-state index contributed by atoms with van der Waals surface area (Å²) in [5.74, 6) is -6.63. The second-order valence-electron chi connectivity index (χ2n) is 8.45. The molecule has 0 amide bonds. The molecule has 2 aliphatic rings. The minimum atomic E-state index is -3.56. The van der Waals surface area contributed by atoms with Gasteiger partial charge in [-0.05, 0) is 66.2 Å². The molecule has 0 radical (unpaired) electrons. The molecule has 1 aliphatic heterocycles. The van der Waals surface area contributed by atoms with Crippen LogP contribution in [0.5, 0.6) is 0 Å². The number of ether oxygens (including phenoxy) is 3. The Hall–Kier alpha value is -1.05. The summed E-state index contributed by atoms with van der Waals surface area (Å²) < 4.78 is 45.5. The number of rotatable bonds is 5. The van der Waals surface area contributed by atoms with Crippen LogP contribution in [-0.4, -0.2) is 46.7 Å². The molecule has 2 fully saturated rings. The van der Waals surface area contributed by atoms with Crippen molar-refractivity contribution in [2.45, 2.75) is 89.3 Å². The van der Waals surface area contributed by atoms with Crippen LogP contribution in [0.3, 0.4) is 0 Å². The summed E-state index contributed by atoms with van der Waals surface area (Å²) in [6.07, 6.45) is 2.58. The van der Waals surface area contributed by atoms with E-state index in [0.717, 1.165) is 26.2 Å². The SMILES string of the molecule is C=C(C)C(=O)OC1CCCC(C(C)(C)OC2(C)COC(C)(O)C2(F)F)C1. The monoisotopic (exact) mass is 376 g/mol.